The summed E-state index contributed by atoms with van der Waals surface area (Å²) in [5.74, 6) is -0.297. The van der Waals surface area contributed by atoms with Crippen molar-refractivity contribution < 1.29 is 28.6 Å². The molecule has 9 heteroatoms. The summed E-state index contributed by atoms with van der Waals surface area (Å²) in [6.07, 6.45) is 0.175. The first-order chi connectivity index (χ1) is 13.6. The van der Waals surface area contributed by atoms with E-state index in [2.05, 4.69) is 20.1 Å². The van der Waals surface area contributed by atoms with Crippen molar-refractivity contribution >= 4 is 29.1 Å². The molecule has 1 aromatic carbocycles. The summed E-state index contributed by atoms with van der Waals surface area (Å²) < 4.78 is 14.3. The Balaban J connectivity index is 0.000000604. The summed E-state index contributed by atoms with van der Waals surface area (Å²) in [6.45, 7) is 8.40. The summed E-state index contributed by atoms with van der Waals surface area (Å²) in [5, 5.41) is 5.59. The summed E-state index contributed by atoms with van der Waals surface area (Å²) in [5.41, 5.74) is -0.342. The van der Waals surface area contributed by atoms with Gasteiger partial charge in [-0.05, 0) is 32.8 Å². The highest BCUT2D eigenvalue weighted by Gasteiger charge is 2.17. The zero-order valence-electron chi connectivity index (χ0n) is 17.6. The fourth-order valence-corrected chi connectivity index (χ4v) is 2.03. The molecule has 0 aliphatic heterocycles. The molecule has 0 bridgehead atoms. The Morgan fingerprint density at radius 3 is 2.21 bits per heavy atom. The number of hydrogen-bond acceptors (Lipinski definition) is 7. The van der Waals surface area contributed by atoms with Gasteiger partial charge in [0.1, 0.15) is 18.2 Å². The maximum atomic E-state index is 11.3. The number of esters is 1. The molecule has 0 radical (unpaired) electrons. The summed E-state index contributed by atoms with van der Waals surface area (Å²) in [4.78, 5) is 32.7. The van der Waals surface area contributed by atoms with E-state index in [4.69, 9.17) is 16.3 Å². The Bertz CT molecular complexity index is 619. The Labute approximate surface area is 177 Å². The fourth-order valence-electron chi connectivity index (χ4n) is 1.98. The van der Waals surface area contributed by atoms with Gasteiger partial charge in [0.05, 0.1) is 7.11 Å². The van der Waals surface area contributed by atoms with Gasteiger partial charge in [-0.15, -0.1) is 0 Å². The lowest BCUT2D eigenvalue weighted by molar-refractivity contribution is -0.143. The van der Waals surface area contributed by atoms with Gasteiger partial charge in [0.2, 0.25) is 0 Å². The van der Waals surface area contributed by atoms with Crippen molar-refractivity contribution in [1.82, 2.24) is 10.6 Å². The van der Waals surface area contributed by atoms with E-state index in [0.29, 0.717) is 19.5 Å². The smallest absolute Gasteiger partial charge is 0.407 e. The summed E-state index contributed by atoms with van der Waals surface area (Å²) >= 11 is 4.97. The van der Waals surface area contributed by atoms with Crippen LogP contribution in [0.15, 0.2) is 30.3 Å². The minimum Gasteiger partial charge on any atom is -0.468 e. The van der Waals surface area contributed by atoms with Crippen molar-refractivity contribution in [2.45, 2.75) is 52.4 Å². The molecule has 1 rings (SSSR count). The van der Waals surface area contributed by atoms with Gasteiger partial charge in [0.25, 0.3) is 0 Å². The number of carbonyl (C=O) groups is 3. The Hall–Kier alpha value is -2.32. The van der Waals surface area contributed by atoms with Gasteiger partial charge in [-0.2, -0.15) is 0 Å². The van der Waals surface area contributed by atoms with Crippen molar-refractivity contribution in [2.75, 3.05) is 20.2 Å². The standard InChI is InChI=1S/C12H24N2O4.C8H7ClO2/c1-6-9(10(15)17-5)13-7-8-14-11(16)18-12(2,3)4;9-8(10)11-6-7-4-2-1-3-5-7/h9,13H,6-8H2,1-5H3,(H,14,16);1-5H,6H2/t9-;/m1./s1. The SMILES string of the molecule is CC[C@@H](NCCNC(=O)OC(C)(C)C)C(=O)OC.O=C(Cl)OCc1ccccc1. The van der Waals surface area contributed by atoms with E-state index < -0.39 is 17.1 Å². The van der Waals surface area contributed by atoms with Crippen LogP contribution in [0.3, 0.4) is 0 Å². The Kier molecular flexibility index (Phi) is 13.5. The first-order valence-electron chi connectivity index (χ1n) is 9.23. The van der Waals surface area contributed by atoms with Crippen LogP contribution in [-0.4, -0.2) is 49.3 Å². The molecule has 0 saturated heterocycles. The normalized spacial score (nSPS) is 11.4. The maximum absolute atomic E-state index is 11.3. The van der Waals surface area contributed by atoms with Crippen LogP contribution in [0.4, 0.5) is 9.59 Å². The molecule has 0 saturated carbocycles. The average Bonchev–Trinajstić information content (AvgIpc) is 2.66. The fraction of sp³-hybridized carbons (Fsp3) is 0.550. The number of hydrogen-bond donors (Lipinski definition) is 2. The van der Waals surface area contributed by atoms with E-state index in [9.17, 15) is 14.4 Å². The summed E-state index contributed by atoms with van der Waals surface area (Å²) in [6, 6.07) is 9.02. The third kappa shape index (κ3) is 15.3. The first-order valence-corrected chi connectivity index (χ1v) is 9.61. The number of amides is 1. The van der Waals surface area contributed by atoms with Crippen LogP contribution >= 0.6 is 11.6 Å². The number of nitrogens with one attached hydrogen (secondary N) is 2. The highest BCUT2D eigenvalue weighted by atomic mass is 35.5. The van der Waals surface area contributed by atoms with Crippen molar-refractivity contribution in [3.63, 3.8) is 0 Å². The molecule has 1 amide bonds. The number of rotatable bonds is 8. The summed E-state index contributed by atoms with van der Waals surface area (Å²) in [7, 11) is 1.35. The molecule has 1 atom stereocenters. The monoisotopic (exact) mass is 430 g/mol. The second-order valence-corrected chi connectivity index (χ2v) is 7.19. The van der Waals surface area contributed by atoms with Crippen LogP contribution in [0.1, 0.15) is 39.7 Å². The number of alkyl carbamates (subject to hydrolysis) is 1. The molecule has 0 fully saturated rings. The second-order valence-electron chi connectivity index (χ2n) is 6.88. The molecule has 0 heterocycles. The predicted molar refractivity (Wildman–Crippen MR) is 111 cm³/mol. The van der Waals surface area contributed by atoms with E-state index in [1.807, 2.05) is 37.3 Å². The second kappa shape index (κ2) is 14.6. The van der Waals surface area contributed by atoms with Crippen LogP contribution in [-0.2, 0) is 25.6 Å². The first kappa shape index (κ1) is 26.7. The Morgan fingerprint density at radius 2 is 1.72 bits per heavy atom. The lowest BCUT2D eigenvalue weighted by Gasteiger charge is -2.20. The van der Waals surface area contributed by atoms with E-state index >= 15 is 0 Å². The van der Waals surface area contributed by atoms with E-state index in [-0.39, 0.29) is 18.6 Å². The van der Waals surface area contributed by atoms with Crippen LogP contribution in [0.2, 0.25) is 0 Å². The topological polar surface area (TPSA) is 103 Å². The van der Waals surface area contributed by atoms with Crippen LogP contribution in [0.25, 0.3) is 0 Å². The quantitative estimate of drug-likeness (QED) is 0.281. The van der Waals surface area contributed by atoms with Gasteiger partial charge >= 0.3 is 17.5 Å². The van der Waals surface area contributed by atoms with Crippen LogP contribution in [0, 0.1) is 0 Å². The molecular formula is C20H31ClN2O6. The van der Waals surface area contributed by atoms with E-state index in [1.165, 1.54) is 7.11 Å². The van der Waals surface area contributed by atoms with E-state index in [1.54, 1.807) is 20.8 Å². The van der Waals surface area contributed by atoms with Crippen LogP contribution in [0.5, 0.6) is 0 Å². The molecule has 0 aromatic heterocycles. The largest absolute Gasteiger partial charge is 0.468 e. The lowest BCUT2D eigenvalue weighted by atomic mass is 10.2. The van der Waals surface area contributed by atoms with Gasteiger partial charge in [0, 0.05) is 24.7 Å². The molecule has 2 N–H and O–H groups in total. The maximum Gasteiger partial charge on any atom is 0.407 e. The molecule has 0 aliphatic rings. The van der Waals surface area contributed by atoms with Crippen molar-refractivity contribution in [1.29, 1.82) is 0 Å². The average molecular weight is 431 g/mol. The molecule has 0 aliphatic carbocycles. The number of ether oxygens (including phenoxy) is 3. The number of methoxy groups -OCH3 is 1. The molecular weight excluding hydrogens is 400 g/mol. The van der Waals surface area contributed by atoms with E-state index in [0.717, 1.165) is 5.56 Å². The Morgan fingerprint density at radius 1 is 1.10 bits per heavy atom. The van der Waals surface area contributed by atoms with Gasteiger partial charge in [-0.3, -0.25) is 4.79 Å². The van der Waals surface area contributed by atoms with Crippen molar-refractivity contribution in [3.05, 3.63) is 35.9 Å². The molecule has 0 spiro atoms. The van der Waals surface area contributed by atoms with Crippen LogP contribution < -0.4 is 10.6 Å². The van der Waals surface area contributed by atoms with Gasteiger partial charge in [-0.25, -0.2) is 9.59 Å². The highest BCUT2D eigenvalue weighted by Crippen LogP contribution is 2.06. The van der Waals surface area contributed by atoms with Crippen molar-refractivity contribution in [2.24, 2.45) is 0 Å². The van der Waals surface area contributed by atoms with Gasteiger partial charge in [-0.1, -0.05) is 37.3 Å². The minimum atomic E-state index is -0.770. The number of halogens is 1. The molecule has 0 unspecified atom stereocenters. The third-order valence-corrected chi connectivity index (χ3v) is 3.38. The molecule has 1 aromatic rings. The zero-order valence-corrected chi connectivity index (χ0v) is 18.4. The minimum absolute atomic E-state index is 0.239. The lowest BCUT2D eigenvalue weighted by Crippen LogP contribution is -2.42. The van der Waals surface area contributed by atoms with Gasteiger partial charge < -0.3 is 24.8 Å². The zero-order chi connectivity index (χ0) is 22.3. The molecule has 164 valence electrons. The van der Waals surface area contributed by atoms with Gasteiger partial charge in [0.15, 0.2) is 0 Å². The number of benzene rings is 1. The predicted octanol–water partition coefficient (Wildman–Crippen LogP) is 3.61. The highest BCUT2D eigenvalue weighted by molar-refractivity contribution is 6.61. The molecule has 8 nitrogen and oxygen atoms in total. The molecule has 29 heavy (non-hydrogen) atoms. The number of carbonyl (C=O) groups excluding carboxylic acids is 3. The third-order valence-electron chi connectivity index (χ3n) is 3.27. The van der Waals surface area contributed by atoms with Crippen molar-refractivity contribution in [3.8, 4) is 0 Å².